The number of carbonyl (C=O) groups excluding carboxylic acids is 2. The van der Waals surface area contributed by atoms with Crippen LogP contribution in [0.15, 0.2) is 53.4 Å². The first-order valence-electron chi connectivity index (χ1n) is 7.49. The van der Waals surface area contributed by atoms with Crippen molar-refractivity contribution in [1.29, 1.82) is 0 Å². The van der Waals surface area contributed by atoms with Gasteiger partial charge < -0.3 is 10.1 Å². The zero-order chi connectivity index (χ0) is 18.4. The summed E-state index contributed by atoms with van der Waals surface area (Å²) in [6.07, 6.45) is 0. The molecule has 2 aromatic rings. The lowest BCUT2D eigenvalue weighted by atomic mass is 10.2. The number of esters is 1. The van der Waals surface area contributed by atoms with Crippen LogP contribution in [0, 0.1) is 0 Å². The van der Waals surface area contributed by atoms with Gasteiger partial charge in [0.25, 0.3) is 15.9 Å². The Labute approximate surface area is 146 Å². The molecule has 0 heterocycles. The number of hydrogen-bond donors (Lipinski definition) is 2. The van der Waals surface area contributed by atoms with Gasteiger partial charge in [-0.25, -0.2) is 13.2 Å². The molecule has 132 valence electrons. The van der Waals surface area contributed by atoms with E-state index >= 15 is 0 Å². The number of benzene rings is 2. The maximum atomic E-state index is 12.4. The molecule has 1 amide bonds. The summed E-state index contributed by atoms with van der Waals surface area (Å²) in [5.74, 6) is -0.770. The molecular weight excluding hydrogens is 344 g/mol. The van der Waals surface area contributed by atoms with Gasteiger partial charge in [-0.05, 0) is 55.5 Å². The second-order valence-corrected chi connectivity index (χ2v) is 6.69. The Morgan fingerprint density at radius 1 is 0.960 bits per heavy atom. The van der Waals surface area contributed by atoms with Gasteiger partial charge in [-0.1, -0.05) is 0 Å². The molecule has 2 aromatic carbocycles. The standard InChI is InChI=1S/C17H18N2O5S/c1-3-24-17(21)13-6-10-15(11-7-13)25(22,23)19-14-8-4-12(5-9-14)16(20)18-2/h4-11,19H,3H2,1-2H3,(H,18,20). The highest BCUT2D eigenvalue weighted by atomic mass is 32.2. The average molecular weight is 362 g/mol. The van der Waals surface area contributed by atoms with Crippen molar-refractivity contribution < 1.29 is 22.7 Å². The molecule has 0 saturated heterocycles. The van der Waals surface area contributed by atoms with E-state index in [1.54, 1.807) is 6.92 Å². The van der Waals surface area contributed by atoms with Crippen LogP contribution in [0.3, 0.4) is 0 Å². The van der Waals surface area contributed by atoms with Crippen molar-refractivity contribution in [3.8, 4) is 0 Å². The van der Waals surface area contributed by atoms with Gasteiger partial charge in [-0.3, -0.25) is 9.52 Å². The summed E-state index contributed by atoms with van der Waals surface area (Å²) in [7, 11) is -2.30. The van der Waals surface area contributed by atoms with Crippen LogP contribution >= 0.6 is 0 Å². The summed E-state index contributed by atoms with van der Waals surface area (Å²) in [6.45, 7) is 1.93. The highest BCUT2D eigenvalue weighted by Crippen LogP contribution is 2.17. The summed E-state index contributed by atoms with van der Waals surface area (Å²) in [5.41, 5.74) is 1.02. The second kappa shape index (κ2) is 7.80. The molecule has 0 bridgehead atoms. The molecule has 2 N–H and O–H groups in total. The molecule has 0 aliphatic rings. The van der Waals surface area contributed by atoms with Crippen LogP contribution in [0.4, 0.5) is 5.69 Å². The quantitative estimate of drug-likeness (QED) is 0.766. The Morgan fingerprint density at radius 2 is 1.52 bits per heavy atom. The van der Waals surface area contributed by atoms with E-state index in [4.69, 9.17) is 4.74 Å². The molecular formula is C17H18N2O5S. The fourth-order valence-electron chi connectivity index (χ4n) is 2.03. The molecule has 0 saturated carbocycles. The van der Waals surface area contributed by atoms with Crippen molar-refractivity contribution in [3.05, 3.63) is 59.7 Å². The Kier molecular flexibility index (Phi) is 5.76. The van der Waals surface area contributed by atoms with Crippen LogP contribution in [0.2, 0.25) is 0 Å². The van der Waals surface area contributed by atoms with Crippen LogP contribution in [-0.2, 0) is 14.8 Å². The number of ether oxygens (including phenoxy) is 1. The van der Waals surface area contributed by atoms with Crippen molar-refractivity contribution >= 4 is 27.6 Å². The maximum Gasteiger partial charge on any atom is 0.338 e. The number of anilines is 1. The topological polar surface area (TPSA) is 102 Å². The van der Waals surface area contributed by atoms with Gasteiger partial charge >= 0.3 is 5.97 Å². The van der Waals surface area contributed by atoms with E-state index < -0.39 is 16.0 Å². The van der Waals surface area contributed by atoms with Crippen molar-refractivity contribution in [2.24, 2.45) is 0 Å². The fourth-order valence-corrected chi connectivity index (χ4v) is 3.09. The van der Waals surface area contributed by atoms with Crippen LogP contribution in [0.25, 0.3) is 0 Å². The monoisotopic (exact) mass is 362 g/mol. The molecule has 8 heteroatoms. The van der Waals surface area contributed by atoms with Gasteiger partial charge in [0.1, 0.15) is 0 Å². The number of amides is 1. The number of rotatable bonds is 6. The first-order chi connectivity index (χ1) is 11.9. The zero-order valence-electron chi connectivity index (χ0n) is 13.8. The van der Waals surface area contributed by atoms with E-state index in [1.165, 1.54) is 55.6 Å². The molecule has 0 unspecified atom stereocenters. The predicted octanol–water partition coefficient (Wildman–Crippen LogP) is 2.02. The van der Waals surface area contributed by atoms with Gasteiger partial charge in [0, 0.05) is 18.3 Å². The van der Waals surface area contributed by atoms with Crippen LogP contribution < -0.4 is 10.0 Å². The Morgan fingerprint density at radius 3 is 2.04 bits per heavy atom. The van der Waals surface area contributed by atoms with Crippen molar-refractivity contribution in [3.63, 3.8) is 0 Å². The molecule has 7 nitrogen and oxygen atoms in total. The highest BCUT2D eigenvalue weighted by Gasteiger charge is 2.16. The number of sulfonamides is 1. The summed E-state index contributed by atoms with van der Waals surface area (Å²) in [4.78, 5) is 23.1. The summed E-state index contributed by atoms with van der Waals surface area (Å²) in [6, 6.07) is 11.5. The van der Waals surface area contributed by atoms with Crippen molar-refractivity contribution in [2.75, 3.05) is 18.4 Å². The van der Waals surface area contributed by atoms with E-state index in [0.717, 1.165) is 0 Å². The predicted molar refractivity (Wildman–Crippen MR) is 93.0 cm³/mol. The second-order valence-electron chi connectivity index (χ2n) is 5.01. The van der Waals surface area contributed by atoms with Gasteiger partial charge in [-0.15, -0.1) is 0 Å². The Balaban J connectivity index is 2.16. The molecule has 2 rings (SSSR count). The Bertz CT molecular complexity index is 859. The lowest BCUT2D eigenvalue weighted by Crippen LogP contribution is -2.18. The lowest BCUT2D eigenvalue weighted by molar-refractivity contribution is 0.0526. The lowest BCUT2D eigenvalue weighted by Gasteiger charge is -2.09. The van der Waals surface area contributed by atoms with E-state index in [-0.39, 0.29) is 23.0 Å². The number of hydrogen-bond acceptors (Lipinski definition) is 5. The summed E-state index contributed by atoms with van der Waals surface area (Å²) >= 11 is 0. The van der Waals surface area contributed by atoms with E-state index in [1.807, 2.05) is 0 Å². The zero-order valence-corrected chi connectivity index (χ0v) is 14.6. The normalized spacial score (nSPS) is 10.8. The minimum Gasteiger partial charge on any atom is -0.462 e. The molecule has 0 aromatic heterocycles. The smallest absolute Gasteiger partial charge is 0.338 e. The van der Waals surface area contributed by atoms with Gasteiger partial charge in [0.15, 0.2) is 0 Å². The van der Waals surface area contributed by atoms with Crippen molar-refractivity contribution in [2.45, 2.75) is 11.8 Å². The molecule has 25 heavy (non-hydrogen) atoms. The van der Waals surface area contributed by atoms with Gasteiger partial charge in [0.05, 0.1) is 17.1 Å². The number of carbonyl (C=O) groups is 2. The molecule has 0 radical (unpaired) electrons. The maximum absolute atomic E-state index is 12.4. The highest BCUT2D eigenvalue weighted by molar-refractivity contribution is 7.92. The third-order valence-corrected chi connectivity index (χ3v) is 4.70. The molecule has 0 aliphatic carbocycles. The van der Waals surface area contributed by atoms with Crippen LogP contribution in [-0.4, -0.2) is 33.9 Å². The van der Waals surface area contributed by atoms with Gasteiger partial charge in [0.2, 0.25) is 0 Å². The SMILES string of the molecule is CCOC(=O)c1ccc(S(=O)(=O)Nc2ccc(C(=O)NC)cc2)cc1. The molecule has 0 atom stereocenters. The third-order valence-electron chi connectivity index (χ3n) is 3.30. The minimum atomic E-state index is -3.81. The van der Waals surface area contributed by atoms with E-state index in [9.17, 15) is 18.0 Å². The van der Waals surface area contributed by atoms with Crippen LogP contribution in [0.5, 0.6) is 0 Å². The average Bonchev–Trinajstić information content (AvgIpc) is 2.61. The molecule has 0 spiro atoms. The first kappa shape index (κ1) is 18.5. The van der Waals surface area contributed by atoms with E-state index in [0.29, 0.717) is 11.3 Å². The van der Waals surface area contributed by atoms with Crippen molar-refractivity contribution in [1.82, 2.24) is 5.32 Å². The van der Waals surface area contributed by atoms with Crippen LogP contribution in [0.1, 0.15) is 27.6 Å². The Hall–Kier alpha value is -2.87. The largest absolute Gasteiger partial charge is 0.462 e. The minimum absolute atomic E-state index is 0.0101. The molecule has 0 fully saturated rings. The fraction of sp³-hybridized carbons (Fsp3) is 0.176. The summed E-state index contributed by atoms with van der Waals surface area (Å²) in [5, 5.41) is 2.48. The van der Waals surface area contributed by atoms with E-state index in [2.05, 4.69) is 10.0 Å². The molecule has 0 aliphatic heterocycles. The number of nitrogens with one attached hydrogen (secondary N) is 2. The third kappa shape index (κ3) is 4.57. The van der Waals surface area contributed by atoms with Gasteiger partial charge in [-0.2, -0.15) is 0 Å². The first-order valence-corrected chi connectivity index (χ1v) is 8.98. The summed E-state index contributed by atoms with van der Waals surface area (Å²) < 4.78 is 32.0.